The number of hydrogen-bond donors (Lipinski definition) is 0. The van der Waals surface area contributed by atoms with Crippen LogP contribution in [-0.4, -0.2) is 90.8 Å². The van der Waals surface area contributed by atoms with Crippen molar-refractivity contribution in [1.29, 1.82) is 0 Å². The lowest BCUT2D eigenvalue weighted by atomic mass is 9.76. The van der Waals surface area contributed by atoms with Gasteiger partial charge in [-0.25, -0.2) is 0 Å². The Kier molecular flexibility index (Phi) is 26.2. The minimum absolute atomic E-state index is 0.317. The molecule has 0 fully saturated rings. The van der Waals surface area contributed by atoms with Gasteiger partial charge in [-0.15, -0.1) is 0 Å². The van der Waals surface area contributed by atoms with E-state index in [1.54, 1.807) is 0 Å². The topological polar surface area (TPSA) is 18.5 Å². The highest BCUT2D eigenvalue weighted by molar-refractivity contribution is 4.80. The second kappa shape index (κ2) is 26.3. The van der Waals surface area contributed by atoms with E-state index in [1.165, 1.54) is 154 Å². The largest absolute Gasteiger partial charge is 0.381 e. The standard InChI is InChI=1S/C37H80N2O2/c1-9-11-13-15-16-17-18-19-22-27-35-41-36-37(29-31-38(3,4)5,30-32-39(6,7)8)28-24-21-20-23-26-34-40-33-25-14-12-10-2/h9-36H2,1-8H3/q+2. The third-order valence-electron chi connectivity index (χ3n) is 8.81. The smallest absolute Gasteiger partial charge is 0.0786 e. The highest BCUT2D eigenvalue weighted by atomic mass is 16.5. The summed E-state index contributed by atoms with van der Waals surface area (Å²) in [4.78, 5) is 0. The molecule has 0 amide bonds. The van der Waals surface area contributed by atoms with E-state index < -0.39 is 0 Å². The Bertz CT molecular complexity index is 490. The number of ether oxygens (including phenoxy) is 2. The van der Waals surface area contributed by atoms with Gasteiger partial charge in [0.1, 0.15) is 0 Å². The Hall–Kier alpha value is -0.160. The molecule has 0 atom stereocenters. The van der Waals surface area contributed by atoms with Gasteiger partial charge in [-0.1, -0.05) is 117 Å². The van der Waals surface area contributed by atoms with Crippen LogP contribution in [0.3, 0.4) is 0 Å². The van der Waals surface area contributed by atoms with Crippen LogP contribution in [0, 0.1) is 5.41 Å². The van der Waals surface area contributed by atoms with Gasteiger partial charge in [0.05, 0.1) is 62.0 Å². The second-order valence-corrected chi connectivity index (χ2v) is 15.5. The van der Waals surface area contributed by atoms with Crippen molar-refractivity contribution in [2.75, 3.05) is 81.8 Å². The lowest BCUT2D eigenvalue weighted by molar-refractivity contribution is -0.874. The zero-order chi connectivity index (χ0) is 30.7. The molecule has 0 saturated carbocycles. The van der Waals surface area contributed by atoms with Crippen LogP contribution in [0.4, 0.5) is 0 Å². The normalized spacial score (nSPS) is 12.9. The first-order valence-corrected chi connectivity index (χ1v) is 18.3. The van der Waals surface area contributed by atoms with E-state index in [0.717, 1.165) is 35.4 Å². The molecular formula is C37H80N2O2+2. The SMILES string of the molecule is CCCCCCCCCCCCOCC(CCCCCCCOCCCCCC)(CC[N+](C)(C)C)CC[N+](C)(C)C. The van der Waals surface area contributed by atoms with Crippen LogP contribution < -0.4 is 0 Å². The fourth-order valence-electron chi connectivity index (χ4n) is 5.68. The summed E-state index contributed by atoms with van der Waals surface area (Å²) in [6.07, 6.45) is 29.5. The summed E-state index contributed by atoms with van der Waals surface area (Å²) in [5.74, 6) is 0. The molecule has 248 valence electrons. The molecule has 0 aromatic carbocycles. The van der Waals surface area contributed by atoms with E-state index in [1.807, 2.05) is 0 Å². The summed E-state index contributed by atoms with van der Waals surface area (Å²) in [6, 6.07) is 0. The zero-order valence-corrected chi connectivity index (χ0v) is 30.0. The molecule has 0 saturated heterocycles. The van der Waals surface area contributed by atoms with Gasteiger partial charge in [0.15, 0.2) is 0 Å². The van der Waals surface area contributed by atoms with Gasteiger partial charge in [0, 0.05) is 38.1 Å². The average Bonchev–Trinajstić information content (AvgIpc) is 2.91. The first-order valence-electron chi connectivity index (χ1n) is 18.3. The summed E-state index contributed by atoms with van der Waals surface area (Å²) < 4.78 is 14.5. The van der Waals surface area contributed by atoms with Crippen molar-refractivity contribution in [2.24, 2.45) is 5.41 Å². The lowest BCUT2D eigenvalue weighted by Gasteiger charge is -2.38. The van der Waals surface area contributed by atoms with Crippen molar-refractivity contribution >= 4 is 0 Å². The minimum atomic E-state index is 0.317. The fourth-order valence-corrected chi connectivity index (χ4v) is 5.68. The second-order valence-electron chi connectivity index (χ2n) is 15.5. The Morgan fingerprint density at radius 3 is 1.15 bits per heavy atom. The molecule has 4 nitrogen and oxygen atoms in total. The summed E-state index contributed by atoms with van der Waals surface area (Å²) in [7, 11) is 14.1. The van der Waals surface area contributed by atoms with E-state index in [-0.39, 0.29) is 0 Å². The predicted octanol–water partition coefficient (Wildman–Crippen LogP) is 10.0. The summed E-state index contributed by atoms with van der Waals surface area (Å²) in [6.45, 7) is 10.8. The Morgan fingerprint density at radius 1 is 0.390 bits per heavy atom. The molecular weight excluding hydrogens is 504 g/mol. The van der Waals surface area contributed by atoms with Crippen LogP contribution >= 0.6 is 0 Å². The molecule has 0 heterocycles. The van der Waals surface area contributed by atoms with Gasteiger partial charge in [-0.3, -0.25) is 0 Å². The highest BCUT2D eigenvalue weighted by Gasteiger charge is 2.34. The molecule has 0 rings (SSSR count). The molecule has 0 aliphatic heterocycles. The zero-order valence-electron chi connectivity index (χ0n) is 30.0. The maximum atomic E-state index is 6.53. The molecule has 0 aromatic rings. The molecule has 0 spiro atoms. The molecule has 0 aromatic heterocycles. The number of rotatable bonds is 32. The van der Waals surface area contributed by atoms with Gasteiger partial charge in [0.2, 0.25) is 0 Å². The average molecular weight is 585 g/mol. The van der Waals surface area contributed by atoms with Crippen LogP contribution in [0.5, 0.6) is 0 Å². The quantitative estimate of drug-likeness (QED) is 0.0578. The van der Waals surface area contributed by atoms with E-state index in [9.17, 15) is 0 Å². The molecule has 0 aliphatic rings. The molecule has 0 aliphatic carbocycles. The first-order chi connectivity index (χ1) is 19.5. The molecule has 0 bridgehead atoms. The Labute approximate surface area is 260 Å². The van der Waals surface area contributed by atoms with Gasteiger partial charge < -0.3 is 18.4 Å². The van der Waals surface area contributed by atoms with E-state index in [2.05, 4.69) is 56.1 Å². The summed E-state index contributed by atoms with van der Waals surface area (Å²) >= 11 is 0. The summed E-state index contributed by atoms with van der Waals surface area (Å²) in [5, 5.41) is 0. The number of quaternary nitrogens is 2. The van der Waals surface area contributed by atoms with Gasteiger partial charge in [-0.05, 0) is 25.7 Å². The van der Waals surface area contributed by atoms with Crippen LogP contribution in [0.25, 0.3) is 0 Å². The minimum Gasteiger partial charge on any atom is -0.381 e. The fraction of sp³-hybridized carbons (Fsp3) is 1.00. The lowest BCUT2D eigenvalue weighted by Crippen LogP contribution is -2.43. The number of hydrogen-bond acceptors (Lipinski definition) is 2. The van der Waals surface area contributed by atoms with Crippen molar-refractivity contribution in [3.8, 4) is 0 Å². The first kappa shape index (κ1) is 40.8. The number of nitrogens with zero attached hydrogens (tertiary/aromatic N) is 2. The van der Waals surface area contributed by atoms with Crippen LogP contribution in [0.15, 0.2) is 0 Å². The maximum Gasteiger partial charge on any atom is 0.0786 e. The highest BCUT2D eigenvalue weighted by Crippen LogP contribution is 2.35. The van der Waals surface area contributed by atoms with Crippen LogP contribution in [0.2, 0.25) is 0 Å². The summed E-state index contributed by atoms with van der Waals surface area (Å²) in [5.41, 5.74) is 0.317. The molecule has 0 N–H and O–H groups in total. The third-order valence-corrected chi connectivity index (χ3v) is 8.81. The van der Waals surface area contributed by atoms with E-state index >= 15 is 0 Å². The van der Waals surface area contributed by atoms with Crippen molar-refractivity contribution < 1.29 is 18.4 Å². The number of unbranched alkanes of at least 4 members (excludes halogenated alkanes) is 16. The third kappa shape index (κ3) is 29.7. The molecule has 0 unspecified atom stereocenters. The van der Waals surface area contributed by atoms with Gasteiger partial charge in [0.25, 0.3) is 0 Å². The maximum absolute atomic E-state index is 6.53. The van der Waals surface area contributed by atoms with Crippen LogP contribution in [-0.2, 0) is 9.47 Å². The molecule has 4 heteroatoms. The van der Waals surface area contributed by atoms with Gasteiger partial charge in [-0.2, -0.15) is 0 Å². The molecule has 0 radical (unpaired) electrons. The van der Waals surface area contributed by atoms with Crippen LogP contribution in [0.1, 0.15) is 155 Å². The van der Waals surface area contributed by atoms with Crippen molar-refractivity contribution in [3.63, 3.8) is 0 Å². The Balaban J connectivity index is 4.54. The molecule has 41 heavy (non-hydrogen) atoms. The van der Waals surface area contributed by atoms with E-state index in [4.69, 9.17) is 9.47 Å². The Morgan fingerprint density at radius 2 is 0.732 bits per heavy atom. The predicted molar refractivity (Wildman–Crippen MR) is 183 cm³/mol. The van der Waals surface area contributed by atoms with Crippen molar-refractivity contribution in [1.82, 2.24) is 0 Å². The van der Waals surface area contributed by atoms with Crippen molar-refractivity contribution in [2.45, 2.75) is 155 Å². The van der Waals surface area contributed by atoms with Crippen molar-refractivity contribution in [3.05, 3.63) is 0 Å². The monoisotopic (exact) mass is 585 g/mol. The van der Waals surface area contributed by atoms with Gasteiger partial charge >= 0.3 is 0 Å². The van der Waals surface area contributed by atoms with E-state index in [0.29, 0.717) is 5.41 Å².